The molecule has 27 heavy (non-hydrogen) atoms. The third-order valence-electron chi connectivity index (χ3n) is 4.41. The second kappa shape index (κ2) is 8.08. The highest BCUT2D eigenvalue weighted by molar-refractivity contribution is 7.13. The van der Waals surface area contributed by atoms with Gasteiger partial charge in [0, 0.05) is 42.0 Å². The number of rotatable bonds is 6. The molecule has 0 saturated carbocycles. The molecule has 2 N–H and O–H groups in total. The Balaban J connectivity index is 1.42. The number of carbonyl (C=O) groups is 1. The molecule has 1 amide bonds. The van der Waals surface area contributed by atoms with Crippen LogP contribution in [0.2, 0.25) is 0 Å². The van der Waals surface area contributed by atoms with Crippen LogP contribution in [-0.4, -0.2) is 53.7 Å². The maximum Gasteiger partial charge on any atom is 0.273 e. The number of thiazole rings is 1. The fraction of sp³-hybridized carbons (Fsp3) is 0.368. The van der Waals surface area contributed by atoms with Crippen LogP contribution in [0.1, 0.15) is 23.1 Å². The molecule has 0 unspecified atom stereocenters. The van der Waals surface area contributed by atoms with E-state index in [1.807, 2.05) is 36.6 Å². The maximum absolute atomic E-state index is 12.6. The van der Waals surface area contributed by atoms with Crippen molar-refractivity contribution in [2.45, 2.75) is 13.5 Å². The lowest BCUT2D eigenvalue weighted by atomic mass is 10.2. The van der Waals surface area contributed by atoms with E-state index in [0.717, 1.165) is 55.2 Å². The molecule has 0 bridgehead atoms. The number of anilines is 1. The molecule has 1 aliphatic rings. The largest absolute Gasteiger partial charge is 0.494 e. The normalized spacial score (nSPS) is 15.1. The Morgan fingerprint density at radius 1 is 1.37 bits per heavy atom. The minimum atomic E-state index is -0.198. The molecule has 8 heteroatoms. The number of aromatic nitrogens is 2. The molecule has 0 aliphatic carbocycles. The fourth-order valence-electron chi connectivity index (χ4n) is 3.07. The van der Waals surface area contributed by atoms with Gasteiger partial charge in [-0.2, -0.15) is 0 Å². The van der Waals surface area contributed by atoms with Crippen LogP contribution in [0.25, 0.3) is 10.9 Å². The molecule has 3 heterocycles. The first-order valence-corrected chi connectivity index (χ1v) is 9.90. The van der Waals surface area contributed by atoms with Crippen LogP contribution in [0, 0.1) is 0 Å². The summed E-state index contributed by atoms with van der Waals surface area (Å²) in [7, 11) is 0. The molecule has 4 rings (SSSR count). The second-order valence-corrected chi connectivity index (χ2v) is 7.21. The number of benzene rings is 1. The van der Waals surface area contributed by atoms with E-state index in [0.29, 0.717) is 17.4 Å². The van der Waals surface area contributed by atoms with Crippen molar-refractivity contribution in [3.63, 3.8) is 0 Å². The standard InChI is InChI=1S/C19H22N4O3S/c1-2-26-15-4-3-13-9-17(21-16(13)10-15)18(24)22-19-20-14(12-27-19)11-23-5-7-25-8-6-23/h3-4,9-10,12,21H,2,5-8,11H2,1H3,(H,20,22,24). The van der Waals surface area contributed by atoms with Crippen molar-refractivity contribution in [1.82, 2.24) is 14.9 Å². The molecule has 0 radical (unpaired) electrons. The monoisotopic (exact) mass is 386 g/mol. The van der Waals surface area contributed by atoms with Crippen LogP contribution in [0.3, 0.4) is 0 Å². The SMILES string of the molecule is CCOc1ccc2cc(C(=O)Nc3nc(CN4CCOCC4)cs3)[nH]c2c1. The van der Waals surface area contributed by atoms with Gasteiger partial charge in [0.25, 0.3) is 5.91 Å². The van der Waals surface area contributed by atoms with E-state index in [1.165, 1.54) is 11.3 Å². The van der Waals surface area contributed by atoms with E-state index >= 15 is 0 Å². The van der Waals surface area contributed by atoms with E-state index in [2.05, 4.69) is 20.2 Å². The Morgan fingerprint density at radius 3 is 3.04 bits per heavy atom. The lowest BCUT2D eigenvalue weighted by molar-refractivity contribution is 0.0337. The van der Waals surface area contributed by atoms with Gasteiger partial charge in [0.05, 0.1) is 25.5 Å². The summed E-state index contributed by atoms with van der Waals surface area (Å²) in [5.74, 6) is 0.586. The number of hydrogen-bond donors (Lipinski definition) is 2. The Bertz CT molecular complexity index is 930. The van der Waals surface area contributed by atoms with Crippen LogP contribution < -0.4 is 10.1 Å². The summed E-state index contributed by atoms with van der Waals surface area (Å²) in [4.78, 5) is 22.5. The van der Waals surface area contributed by atoms with Crippen molar-refractivity contribution in [3.05, 3.63) is 41.0 Å². The van der Waals surface area contributed by atoms with Gasteiger partial charge >= 0.3 is 0 Å². The zero-order valence-electron chi connectivity index (χ0n) is 15.2. The number of ether oxygens (including phenoxy) is 2. The van der Waals surface area contributed by atoms with Gasteiger partial charge in [-0.1, -0.05) is 0 Å². The molecular formula is C19H22N4O3S. The topological polar surface area (TPSA) is 79.5 Å². The highest BCUT2D eigenvalue weighted by atomic mass is 32.1. The summed E-state index contributed by atoms with van der Waals surface area (Å²) >= 11 is 1.44. The predicted molar refractivity (Wildman–Crippen MR) is 106 cm³/mol. The third kappa shape index (κ3) is 4.29. The molecule has 1 aromatic carbocycles. The summed E-state index contributed by atoms with van der Waals surface area (Å²) in [5.41, 5.74) is 2.34. The summed E-state index contributed by atoms with van der Waals surface area (Å²) in [6.45, 7) is 6.69. The predicted octanol–water partition coefficient (Wildman–Crippen LogP) is 3.11. The third-order valence-corrected chi connectivity index (χ3v) is 5.22. The number of amides is 1. The molecular weight excluding hydrogens is 364 g/mol. The number of hydrogen-bond acceptors (Lipinski definition) is 6. The first kappa shape index (κ1) is 18.0. The van der Waals surface area contributed by atoms with Crippen LogP contribution >= 0.6 is 11.3 Å². The number of fused-ring (bicyclic) bond motifs is 1. The van der Waals surface area contributed by atoms with Gasteiger partial charge in [-0.15, -0.1) is 11.3 Å². The molecule has 1 fully saturated rings. The lowest BCUT2D eigenvalue weighted by Crippen LogP contribution is -2.35. The Kier molecular flexibility index (Phi) is 5.38. The lowest BCUT2D eigenvalue weighted by Gasteiger charge is -2.25. The second-order valence-electron chi connectivity index (χ2n) is 6.35. The summed E-state index contributed by atoms with van der Waals surface area (Å²) in [6.07, 6.45) is 0. The van der Waals surface area contributed by atoms with Crippen LogP contribution in [-0.2, 0) is 11.3 Å². The zero-order chi connectivity index (χ0) is 18.6. The van der Waals surface area contributed by atoms with E-state index < -0.39 is 0 Å². The quantitative estimate of drug-likeness (QED) is 0.681. The Hall–Kier alpha value is -2.42. The number of nitrogens with one attached hydrogen (secondary N) is 2. The summed E-state index contributed by atoms with van der Waals surface area (Å²) in [6, 6.07) is 7.58. The molecule has 1 aliphatic heterocycles. The molecule has 0 atom stereocenters. The van der Waals surface area contributed by atoms with Gasteiger partial charge in [-0.05, 0) is 25.1 Å². The minimum Gasteiger partial charge on any atom is -0.494 e. The van der Waals surface area contributed by atoms with Crippen LogP contribution in [0.15, 0.2) is 29.6 Å². The average Bonchev–Trinajstić information content (AvgIpc) is 3.29. The smallest absolute Gasteiger partial charge is 0.273 e. The number of H-pyrrole nitrogens is 1. The van der Waals surface area contributed by atoms with E-state index in [1.54, 1.807) is 0 Å². The van der Waals surface area contributed by atoms with E-state index in [9.17, 15) is 4.79 Å². The van der Waals surface area contributed by atoms with Crippen molar-refractivity contribution < 1.29 is 14.3 Å². The molecule has 3 aromatic rings. The van der Waals surface area contributed by atoms with Crippen molar-refractivity contribution >= 4 is 33.3 Å². The summed E-state index contributed by atoms with van der Waals surface area (Å²) in [5, 5.41) is 6.45. The zero-order valence-corrected chi connectivity index (χ0v) is 16.0. The Labute approximate surface area is 161 Å². The molecule has 7 nitrogen and oxygen atoms in total. The minimum absolute atomic E-state index is 0.198. The van der Waals surface area contributed by atoms with E-state index in [4.69, 9.17) is 9.47 Å². The number of carbonyl (C=O) groups excluding carboxylic acids is 1. The van der Waals surface area contributed by atoms with Crippen LogP contribution in [0.4, 0.5) is 5.13 Å². The van der Waals surface area contributed by atoms with Gasteiger partial charge in [-0.25, -0.2) is 4.98 Å². The van der Waals surface area contributed by atoms with Gasteiger partial charge in [-0.3, -0.25) is 15.0 Å². The molecule has 1 saturated heterocycles. The van der Waals surface area contributed by atoms with Gasteiger partial charge < -0.3 is 14.5 Å². The fourth-order valence-corrected chi connectivity index (χ4v) is 3.77. The summed E-state index contributed by atoms with van der Waals surface area (Å²) < 4.78 is 10.9. The maximum atomic E-state index is 12.6. The number of morpholine rings is 1. The van der Waals surface area contributed by atoms with E-state index in [-0.39, 0.29) is 5.91 Å². The van der Waals surface area contributed by atoms with Gasteiger partial charge in [0.2, 0.25) is 0 Å². The number of aromatic amines is 1. The van der Waals surface area contributed by atoms with Gasteiger partial charge in [0.15, 0.2) is 5.13 Å². The van der Waals surface area contributed by atoms with Crippen molar-refractivity contribution in [3.8, 4) is 5.75 Å². The average molecular weight is 386 g/mol. The first-order valence-electron chi connectivity index (χ1n) is 9.02. The molecule has 0 spiro atoms. The van der Waals surface area contributed by atoms with Crippen molar-refractivity contribution in [2.75, 3.05) is 38.2 Å². The van der Waals surface area contributed by atoms with Gasteiger partial charge in [0.1, 0.15) is 11.4 Å². The molecule has 142 valence electrons. The molecule has 2 aromatic heterocycles. The number of nitrogens with zero attached hydrogens (tertiary/aromatic N) is 2. The van der Waals surface area contributed by atoms with Crippen molar-refractivity contribution in [2.24, 2.45) is 0 Å². The van der Waals surface area contributed by atoms with Crippen LogP contribution in [0.5, 0.6) is 5.75 Å². The highest BCUT2D eigenvalue weighted by Crippen LogP contribution is 2.23. The first-order chi connectivity index (χ1) is 13.2. The highest BCUT2D eigenvalue weighted by Gasteiger charge is 2.15. The Morgan fingerprint density at radius 2 is 2.22 bits per heavy atom. The van der Waals surface area contributed by atoms with Crippen molar-refractivity contribution in [1.29, 1.82) is 0 Å².